The van der Waals surface area contributed by atoms with Gasteiger partial charge < -0.3 is 14.0 Å². The highest BCUT2D eigenvalue weighted by Crippen LogP contribution is 2.35. The van der Waals surface area contributed by atoms with Crippen LogP contribution in [0.15, 0.2) is 53.1 Å². The quantitative estimate of drug-likeness (QED) is 0.571. The molecule has 0 atom stereocenters. The molecule has 5 heteroatoms. The third-order valence-electron chi connectivity index (χ3n) is 3.81. The number of methoxy groups -OCH3 is 2. The van der Waals surface area contributed by atoms with Gasteiger partial charge in [-0.05, 0) is 12.1 Å². The predicted molar refractivity (Wildman–Crippen MR) is 87.9 cm³/mol. The zero-order valence-electron chi connectivity index (χ0n) is 12.7. The minimum atomic E-state index is 0.503. The van der Waals surface area contributed by atoms with Crippen LogP contribution < -0.4 is 9.47 Å². The molecule has 0 amide bonds. The molecule has 4 rings (SSSR count). The zero-order valence-corrected chi connectivity index (χ0v) is 12.7. The molecular weight excluding hydrogens is 292 g/mol. The largest absolute Gasteiger partial charge is 0.493 e. The van der Waals surface area contributed by atoms with Crippen molar-refractivity contribution in [2.45, 2.75) is 0 Å². The van der Waals surface area contributed by atoms with Gasteiger partial charge in [0.05, 0.1) is 25.1 Å². The highest BCUT2D eigenvalue weighted by molar-refractivity contribution is 5.98. The van der Waals surface area contributed by atoms with E-state index in [9.17, 15) is 0 Å². The number of nitrogens with zero attached hydrogens (tertiary/aromatic N) is 2. The first kappa shape index (κ1) is 13.6. The summed E-state index contributed by atoms with van der Waals surface area (Å²) in [5, 5.41) is 5.99. The molecule has 4 aromatic rings. The highest BCUT2D eigenvalue weighted by atomic mass is 16.5. The van der Waals surface area contributed by atoms with E-state index in [2.05, 4.69) is 10.1 Å². The maximum Gasteiger partial charge on any atom is 0.258 e. The predicted octanol–water partition coefficient (Wildman–Crippen LogP) is 4.06. The molecule has 2 heterocycles. The van der Waals surface area contributed by atoms with Crippen LogP contribution in [0.2, 0.25) is 0 Å². The first-order valence-electron chi connectivity index (χ1n) is 7.17. The molecule has 0 unspecified atom stereocenters. The average molecular weight is 306 g/mol. The molecule has 0 saturated heterocycles. The van der Waals surface area contributed by atoms with Gasteiger partial charge in [-0.15, -0.1) is 0 Å². The van der Waals surface area contributed by atoms with Crippen LogP contribution in [-0.2, 0) is 0 Å². The summed E-state index contributed by atoms with van der Waals surface area (Å²) in [7, 11) is 3.22. The number of benzene rings is 2. The van der Waals surface area contributed by atoms with Crippen molar-refractivity contribution in [3.63, 3.8) is 0 Å². The Balaban J connectivity index is 1.98. The second kappa shape index (κ2) is 5.28. The van der Waals surface area contributed by atoms with Gasteiger partial charge in [-0.3, -0.25) is 0 Å². The third kappa shape index (κ3) is 2.17. The smallest absolute Gasteiger partial charge is 0.258 e. The normalized spacial score (nSPS) is 11.0. The van der Waals surface area contributed by atoms with Gasteiger partial charge in [0.1, 0.15) is 5.69 Å². The van der Waals surface area contributed by atoms with Gasteiger partial charge in [-0.1, -0.05) is 35.5 Å². The minimum Gasteiger partial charge on any atom is -0.493 e. The Morgan fingerprint density at radius 2 is 1.65 bits per heavy atom. The maximum atomic E-state index is 5.41. The number of hydrogen-bond donors (Lipinski definition) is 0. The molecule has 0 fully saturated rings. The fourth-order valence-corrected chi connectivity index (χ4v) is 2.66. The van der Waals surface area contributed by atoms with Gasteiger partial charge in [-0.25, -0.2) is 4.98 Å². The Labute approximate surface area is 132 Å². The Bertz CT molecular complexity index is 993. The first-order chi connectivity index (χ1) is 11.3. The lowest BCUT2D eigenvalue weighted by atomic mass is 10.1. The molecule has 0 aliphatic rings. The fourth-order valence-electron chi connectivity index (χ4n) is 2.66. The van der Waals surface area contributed by atoms with Crippen molar-refractivity contribution in [1.29, 1.82) is 0 Å². The lowest BCUT2D eigenvalue weighted by Crippen LogP contribution is -1.91. The number of pyridine rings is 1. The number of ether oxygens (including phenoxy) is 2. The molecule has 0 aliphatic heterocycles. The van der Waals surface area contributed by atoms with E-state index in [0.717, 1.165) is 27.5 Å². The molecule has 2 aromatic carbocycles. The van der Waals surface area contributed by atoms with Crippen molar-refractivity contribution in [3.05, 3.63) is 48.5 Å². The van der Waals surface area contributed by atoms with Crippen molar-refractivity contribution in [1.82, 2.24) is 10.1 Å². The van der Waals surface area contributed by atoms with Crippen LogP contribution in [0.3, 0.4) is 0 Å². The number of rotatable bonds is 3. The Hall–Kier alpha value is -3.08. The van der Waals surface area contributed by atoms with Crippen LogP contribution >= 0.6 is 0 Å². The van der Waals surface area contributed by atoms with Gasteiger partial charge >= 0.3 is 0 Å². The average Bonchev–Trinajstić information content (AvgIpc) is 3.02. The first-order valence-corrected chi connectivity index (χ1v) is 7.17. The Morgan fingerprint density at radius 1 is 0.913 bits per heavy atom. The van der Waals surface area contributed by atoms with Crippen molar-refractivity contribution in [2.24, 2.45) is 0 Å². The summed E-state index contributed by atoms with van der Waals surface area (Å²) in [4.78, 5) is 4.54. The molecule has 0 spiro atoms. The molecule has 0 aliphatic carbocycles. The lowest BCUT2D eigenvalue weighted by molar-refractivity contribution is 0.356. The summed E-state index contributed by atoms with van der Waals surface area (Å²) in [6.45, 7) is 0. The van der Waals surface area contributed by atoms with Gasteiger partial charge in [0.2, 0.25) is 0 Å². The van der Waals surface area contributed by atoms with Gasteiger partial charge in [0, 0.05) is 17.0 Å². The molecule has 2 aromatic heterocycles. The van der Waals surface area contributed by atoms with E-state index in [-0.39, 0.29) is 0 Å². The number of aromatic nitrogens is 2. The highest BCUT2D eigenvalue weighted by Gasteiger charge is 2.14. The van der Waals surface area contributed by atoms with E-state index in [1.165, 1.54) is 0 Å². The van der Waals surface area contributed by atoms with Crippen LogP contribution in [0.4, 0.5) is 0 Å². The second-order valence-corrected chi connectivity index (χ2v) is 5.14. The standard InChI is InChI=1S/C18H14N2O3/c1-21-15-9-12-8-13-17(11-6-4-3-5-7-11)20-23-18(13)19-14(12)10-16(15)22-2/h3-10H,1-2H3. The van der Waals surface area contributed by atoms with E-state index < -0.39 is 0 Å². The summed E-state index contributed by atoms with van der Waals surface area (Å²) in [6.07, 6.45) is 0. The van der Waals surface area contributed by atoms with E-state index in [0.29, 0.717) is 17.2 Å². The second-order valence-electron chi connectivity index (χ2n) is 5.14. The Kier molecular flexibility index (Phi) is 3.12. The maximum absolute atomic E-state index is 5.41. The van der Waals surface area contributed by atoms with Gasteiger partial charge in [-0.2, -0.15) is 0 Å². The van der Waals surface area contributed by atoms with Gasteiger partial charge in [0.25, 0.3) is 5.71 Å². The monoisotopic (exact) mass is 306 g/mol. The van der Waals surface area contributed by atoms with Crippen LogP contribution in [0, 0.1) is 0 Å². The molecule has 0 bridgehead atoms. The molecule has 5 nitrogen and oxygen atoms in total. The van der Waals surface area contributed by atoms with Crippen molar-refractivity contribution in [3.8, 4) is 22.8 Å². The zero-order chi connectivity index (χ0) is 15.8. The van der Waals surface area contributed by atoms with Crippen LogP contribution in [-0.4, -0.2) is 24.4 Å². The van der Waals surface area contributed by atoms with Crippen molar-refractivity contribution < 1.29 is 14.0 Å². The molecule has 114 valence electrons. The topological polar surface area (TPSA) is 57.4 Å². The van der Waals surface area contributed by atoms with Crippen LogP contribution in [0.1, 0.15) is 0 Å². The van der Waals surface area contributed by atoms with E-state index in [1.54, 1.807) is 14.2 Å². The van der Waals surface area contributed by atoms with Crippen LogP contribution in [0.5, 0.6) is 11.5 Å². The van der Waals surface area contributed by atoms with Gasteiger partial charge in [0.15, 0.2) is 11.5 Å². The van der Waals surface area contributed by atoms with E-state index in [1.807, 2.05) is 48.5 Å². The number of fused-ring (bicyclic) bond motifs is 2. The summed E-state index contributed by atoms with van der Waals surface area (Å²) in [5.74, 6) is 1.30. The molecule has 0 N–H and O–H groups in total. The van der Waals surface area contributed by atoms with Crippen molar-refractivity contribution >= 4 is 22.0 Å². The van der Waals surface area contributed by atoms with Crippen molar-refractivity contribution in [2.75, 3.05) is 14.2 Å². The third-order valence-corrected chi connectivity index (χ3v) is 3.81. The van der Waals surface area contributed by atoms with E-state index >= 15 is 0 Å². The molecule has 0 radical (unpaired) electrons. The Morgan fingerprint density at radius 3 is 2.39 bits per heavy atom. The number of hydrogen-bond acceptors (Lipinski definition) is 5. The van der Waals surface area contributed by atoms with E-state index in [4.69, 9.17) is 14.0 Å². The summed E-state index contributed by atoms with van der Waals surface area (Å²) in [5.41, 5.74) is 3.05. The molecule has 23 heavy (non-hydrogen) atoms. The lowest BCUT2D eigenvalue weighted by Gasteiger charge is -2.08. The minimum absolute atomic E-state index is 0.503. The summed E-state index contributed by atoms with van der Waals surface area (Å²) >= 11 is 0. The SMILES string of the molecule is COc1cc2cc3c(-c4ccccc4)noc3nc2cc1OC. The summed E-state index contributed by atoms with van der Waals surface area (Å²) < 4.78 is 16.1. The molecule has 0 saturated carbocycles. The summed E-state index contributed by atoms with van der Waals surface area (Å²) in [6, 6.07) is 15.7. The van der Waals surface area contributed by atoms with Crippen LogP contribution in [0.25, 0.3) is 33.3 Å². The fraction of sp³-hybridized carbons (Fsp3) is 0.111. The molecular formula is C18H14N2O3.